The molecular formula is C34H29N2O2+. The molecule has 1 aromatic heterocycles. The smallest absolute Gasteiger partial charge is 0.212 e. The lowest BCUT2D eigenvalue weighted by Crippen LogP contribution is -2.34. The molecule has 0 spiro atoms. The molecule has 4 aromatic rings. The van der Waals surface area contributed by atoms with E-state index in [1.54, 1.807) is 0 Å². The fourth-order valence-electron chi connectivity index (χ4n) is 4.74. The molecule has 3 aromatic carbocycles. The zero-order valence-electron chi connectivity index (χ0n) is 21.1. The molecule has 1 aliphatic heterocycles. The number of aromatic nitrogens is 1. The summed E-state index contributed by atoms with van der Waals surface area (Å²) >= 11 is 0. The van der Waals surface area contributed by atoms with Crippen LogP contribution in [-0.4, -0.2) is 23.5 Å². The highest BCUT2D eigenvalue weighted by Crippen LogP contribution is 2.25. The Hall–Kier alpha value is -4.83. The van der Waals surface area contributed by atoms with E-state index >= 15 is 0 Å². The van der Waals surface area contributed by atoms with E-state index in [1.807, 2.05) is 85.0 Å². The molecule has 0 saturated heterocycles. The maximum absolute atomic E-state index is 10.9. The average molecular weight is 498 g/mol. The third kappa shape index (κ3) is 5.93. The molecule has 1 atom stereocenters. The summed E-state index contributed by atoms with van der Waals surface area (Å²) in [4.78, 5) is 24.0. The number of pyridine rings is 1. The molecule has 2 aliphatic rings. The first-order valence-electron chi connectivity index (χ1n) is 12.7. The predicted octanol–water partition coefficient (Wildman–Crippen LogP) is 5.99. The number of fused-ring (bicyclic) bond motifs is 2. The SMILES string of the molecule is O=CC1=CC2C(=CC=CN2Cc2ccccc2)C=C1.O=Cc1ccc2c(ccc[n+]2Cc2ccccc2)c1. The van der Waals surface area contributed by atoms with Crippen molar-refractivity contribution in [3.8, 4) is 0 Å². The van der Waals surface area contributed by atoms with Gasteiger partial charge in [0.15, 0.2) is 12.7 Å². The van der Waals surface area contributed by atoms with Crippen LogP contribution in [0.5, 0.6) is 0 Å². The van der Waals surface area contributed by atoms with Gasteiger partial charge in [0.2, 0.25) is 5.52 Å². The first kappa shape index (κ1) is 24.8. The zero-order chi connectivity index (χ0) is 26.2. The molecule has 0 amide bonds. The molecule has 1 unspecified atom stereocenters. The van der Waals surface area contributed by atoms with Crippen LogP contribution < -0.4 is 4.57 Å². The summed E-state index contributed by atoms with van der Waals surface area (Å²) < 4.78 is 2.19. The zero-order valence-corrected chi connectivity index (χ0v) is 21.1. The molecule has 1 aliphatic carbocycles. The monoisotopic (exact) mass is 497 g/mol. The van der Waals surface area contributed by atoms with E-state index in [4.69, 9.17) is 0 Å². The first-order chi connectivity index (χ1) is 18.7. The topological polar surface area (TPSA) is 41.3 Å². The van der Waals surface area contributed by atoms with E-state index in [2.05, 4.69) is 58.3 Å². The second-order valence-electron chi connectivity index (χ2n) is 9.29. The van der Waals surface area contributed by atoms with E-state index in [-0.39, 0.29) is 6.04 Å². The van der Waals surface area contributed by atoms with Crippen LogP contribution in [0.25, 0.3) is 10.9 Å². The summed E-state index contributed by atoms with van der Waals surface area (Å²) in [7, 11) is 0. The normalized spacial score (nSPS) is 15.6. The average Bonchev–Trinajstić information content (AvgIpc) is 2.98. The Bertz CT molecular complexity index is 1550. The van der Waals surface area contributed by atoms with Gasteiger partial charge in [-0.2, -0.15) is 4.57 Å². The molecule has 6 rings (SSSR count). The van der Waals surface area contributed by atoms with Crippen molar-refractivity contribution in [1.82, 2.24) is 4.90 Å². The highest BCUT2D eigenvalue weighted by Gasteiger charge is 2.21. The summed E-state index contributed by atoms with van der Waals surface area (Å²) in [6.45, 7) is 1.68. The lowest BCUT2D eigenvalue weighted by atomic mass is 9.94. The standard InChI is InChI=1S/C17H14NO.C17H15NO/c19-13-15-8-9-17-16(11-15)7-4-10-18(17)12-14-5-2-1-3-6-14;19-13-15-8-9-16-7-4-10-18(17(16)11-15)12-14-5-2-1-3-6-14/h1-11,13H,12H2;1-11,13,17H,12H2/q+1;. The number of carbonyl (C=O) groups excluding carboxylic acids is 2. The van der Waals surface area contributed by atoms with Gasteiger partial charge in [0.1, 0.15) is 12.6 Å². The number of allylic oxidation sites excluding steroid dienone is 4. The number of nitrogens with zero attached hydrogens (tertiary/aromatic N) is 2. The van der Waals surface area contributed by atoms with Crippen LogP contribution in [0.1, 0.15) is 21.5 Å². The predicted molar refractivity (Wildman–Crippen MR) is 151 cm³/mol. The maximum atomic E-state index is 10.9. The number of aldehydes is 2. The van der Waals surface area contributed by atoms with Gasteiger partial charge in [-0.25, -0.2) is 0 Å². The van der Waals surface area contributed by atoms with Crippen LogP contribution in [0.4, 0.5) is 0 Å². The molecule has 4 nitrogen and oxygen atoms in total. The summed E-state index contributed by atoms with van der Waals surface area (Å²) in [5.41, 5.74) is 6.35. The van der Waals surface area contributed by atoms with Crippen molar-refractivity contribution in [2.24, 2.45) is 0 Å². The molecule has 0 saturated carbocycles. The molecule has 38 heavy (non-hydrogen) atoms. The minimum absolute atomic E-state index is 0.162. The van der Waals surface area contributed by atoms with Crippen molar-refractivity contribution in [1.29, 1.82) is 0 Å². The van der Waals surface area contributed by atoms with Crippen molar-refractivity contribution < 1.29 is 14.2 Å². The van der Waals surface area contributed by atoms with Crippen LogP contribution in [0.15, 0.2) is 145 Å². The third-order valence-corrected chi connectivity index (χ3v) is 6.66. The van der Waals surface area contributed by atoms with Gasteiger partial charge in [0.05, 0.1) is 6.04 Å². The third-order valence-electron chi connectivity index (χ3n) is 6.66. The van der Waals surface area contributed by atoms with Crippen molar-refractivity contribution >= 4 is 23.5 Å². The fourth-order valence-corrected chi connectivity index (χ4v) is 4.74. The van der Waals surface area contributed by atoms with Gasteiger partial charge in [-0.15, -0.1) is 0 Å². The molecule has 186 valence electrons. The summed E-state index contributed by atoms with van der Waals surface area (Å²) in [5.74, 6) is 0. The summed E-state index contributed by atoms with van der Waals surface area (Å²) in [6.07, 6.45) is 16.0. The van der Waals surface area contributed by atoms with Gasteiger partial charge in [-0.1, -0.05) is 78.9 Å². The Morgan fingerprint density at radius 2 is 1.55 bits per heavy atom. The Morgan fingerprint density at radius 3 is 2.29 bits per heavy atom. The van der Waals surface area contributed by atoms with Gasteiger partial charge < -0.3 is 4.90 Å². The highest BCUT2D eigenvalue weighted by atomic mass is 16.1. The van der Waals surface area contributed by atoms with Crippen molar-refractivity contribution in [2.75, 3.05) is 0 Å². The second kappa shape index (κ2) is 11.9. The van der Waals surface area contributed by atoms with E-state index in [1.165, 1.54) is 16.7 Å². The molecular weight excluding hydrogens is 468 g/mol. The second-order valence-corrected chi connectivity index (χ2v) is 9.29. The van der Waals surface area contributed by atoms with E-state index < -0.39 is 0 Å². The van der Waals surface area contributed by atoms with Crippen molar-refractivity contribution in [2.45, 2.75) is 19.1 Å². The molecule has 4 heteroatoms. The number of hydrogen-bond donors (Lipinski definition) is 0. The summed E-state index contributed by atoms with van der Waals surface area (Å²) in [6, 6.07) is 30.7. The Morgan fingerprint density at radius 1 is 0.789 bits per heavy atom. The number of carbonyl (C=O) groups is 2. The lowest BCUT2D eigenvalue weighted by molar-refractivity contribution is -0.662. The number of benzene rings is 3. The lowest BCUT2D eigenvalue weighted by Gasteiger charge is -2.33. The first-order valence-corrected chi connectivity index (χ1v) is 12.7. The van der Waals surface area contributed by atoms with Gasteiger partial charge in [0.25, 0.3) is 0 Å². The Labute approximate surface area is 223 Å². The molecule has 0 fully saturated rings. The Balaban J connectivity index is 0.000000155. The van der Waals surface area contributed by atoms with Crippen molar-refractivity contribution in [3.63, 3.8) is 0 Å². The number of hydrogen-bond acceptors (Lipinski definition) is 3. The minimum Gasteiger partial charge on any atom is -0.363 e. The maximum Gasteiger partial charge on any atom is 0.212 e. The van der Waals surface area contributed by atoms with Gasteiger partial charge in [-0.05, 0) is 41.5 Å². The van der Waals surface area contributed by atoms with Gasteiger partial charge >= 0.3 is 0 Å². The highest BCUT2D eigenvalue weighted by molar-refractivity contribution is 5.85. The quantitative estimate of drug-likeness (QED) is 0.243. The van der Waals surface area contributed by atoms with Crippen LogP contribution in [0, 0.1) is 0 Å². The van der Waals surface area contributed by atoms with Crippen LogP contribution in [0.3, 0.4) is 0 Å². The minimum atomic E-state index is 0.162. The van der Waals surface area contributed by atoms with Gasteiger partial charge in [0, 0.05) is 47.0 Å². The molecule has 0 N–H and O–H groups in total. The van der Waals surface area contributed by atoms with Gasteiger partial charge in [-0.3, -0.25) is 9.59 Å². The molecule has 0 radical (unpaired) electrons. The van der Waals surface area contributed by atoms with Crippen LogP contribution in [-0.2, 0) is 17.9 Å². The number of rotatable bonds is 6. The van der Waals surface area contributed by atoms with Crippen LogP contribution in [0.2, 0.25) is 0 Å². The van der Waals surface area contributed by atoms with E-state index in [0.717, 1.165) is 42.1 Å². The Kier molecular flexibility index (Phi) is 7.80. The fraction of sp³-hybridized carbons (Fsp3) is 0.0882. The molecule has 2 heterocycles. The summed E-state index contributed by atoms with van der Waals surface area (Å²) in [5, 5.41) is 1.09. The largest absolute Gasteiger partial charge is 0.363 e. The molecule has 0 bridgehead atoms. The van der Waals surface area contributed by atoms with Crippen molar-refractivity contribution in [3.05, 3.63) is 162 Å². The van der Waals surface area contributed by atoms with Crippen LogP contribution >= 0.6 is 0 Å². The van der Waals surface area contributed by atoms with E-state index in [0.29, 0.717) is 5.56 Å². The van der Waals surface area contributed by atoms with E-state index in [9.17, 15) is 9.59 Å².